The minimum Gasteiger partial charge on any atom is -0.855 e. The van der Waals surface area contributed by atoms with Crippen molar-refractivity contribution in [1.82, 2.24) is 10.5 Å². The van der Waals surface area contributed by atoms with E-state index in [1.807, 2.05) is 0 Å². The van der Waals surface area contributed by atoms with Crippen molar-refractivity contribution < 1.29 is 10.3 Å². The Hall–Kier alpha value is -2.10. The first-order valence-electron chi connectivity index (χ1n) is 4.18. The predicted molar refractivity (Wildman–Crippen MR) is 53.3 cm³/mol. The van der Waals surface area contributed by atoms with Gasteiger partial charge in [0, 0.05) is 7.05 Å². The summed E-state index contributed by atoms with van der Waals surface area (Å²) >= 11 is 0. The maximum atomic E-state index is 11.1. The van der Waals surface area contributed by atoms with Crippen LogP contribution in [0.4, 0.5) is 5.69 Å². The third-order valence-corrected chi connectivity index (χ3v) is 1.75. The van der Waals surface area contributed by atoms with Gasteiger partial charge in [-0.2, -0.15) is 0 Å². The summed E-state index contributed by atoms with van der Waals surface area (Å²) in [6, 6.07) is 7.07. The van der Waals surface area contributed by atoms with Crippen molar-refractivity contribution >= 4 is 16.6 Å². The van der Waals surface area contributed by atoms with Gasteiger partial charge in [0.2, 0.25) is 5.39 Å². The molecule has 0 spiro atoms. The lowest BCUT2D eigenvalue weighted by Gasteiger charge is -1.89. The summed E-state index contributed by atoms with van der Waals surface area (Å²) in [5, 5.41) is 27.5. The van der Waals surface area contributed by atoms with E-state index in [1.54, 1.807) is 29.7 Å². The minimum atomic E-state index is -0.362. The van der Waals surface area contributed by atoms with E-state index in [0.717, 1.165) is 0 Å². The van der Waals surface area contributed by atoms with Crippen LogP contribution in [0.1, 0.15) is 0 Å². The SMILES string of the molecule is CNO.N#[N+]c1c([O-])[nH]c2ccccc12. The topological polar surface area (TPSA) is 99.3 Å². The molecule has 15 heavy (non-hydrogen) atoms. The Balaban J connectivity index is 0.000000337. The van der Waals surface area contributed by atoms with Crippen molar-refractivity contribution in [3.05, 3.63) is 29.2 Å². The molecule has 0 atom stereocenters. The number of rotatable bonds is 0. The smallest absolute Gasteiger partial charge is 0.402 e. The summed E-state index contributed by atoms with van der Waals surface area (Å²) in [6.07, 6.45) is 0. The highest BCUT2D eigenvalue weighted by Crippen LogP contribution is 2.32. The number of hydroxylamine groups is 1. The summed E-state index contributed by atoms with van der Waals surface area (Å²) in [4.78, 5) is 5.48. The molecule has 1 heterocycles. The van der Waals surface area contributed by atoms with E-state index in [2.05, 4.69) is 9.96 Å². The van der Waals surface area contributed by atoms with E-state index in [9.17, 15) is 5.11 Å². The molecule has 0 fully saturated rings. The van der Waals surface area contributed by atoms with Gasteiger partial charge in [-0.3, -0.25) is 0 Å². The summed E-state index contributed by atoms with van der Waals surface area (Å²) in [7, 11) is 1.43. The molecule has 6 heteroatoms. The Morgan fingerprint density at radius 2 is 2.07 bits per heavy atom. The molecule has 1 aromatic heterocycles. The van der Waals surface area contributed by atoms with Crippen molar-refractivity contribution in [2.45, 2.75) is 0 Å². The predicted octanol–water partition coefficient (Wildman–Crippen LogP) is 1.32. The number of hydrogen-bond donors (Lipinski definition) is 3. The van der Waals surface area contributed by atoms with Crippen LogP contribution in [0.3, 0.4) is 0 Å². The second kappa shape index (κ2) is 4.95. The molecule has 0 bridgehead atoms. The highest BCUT2D eigenvalue weighted by molar-refractivity contribution is 5.95. The molecule has 0 saturated carbocycles. The maximum absolute atomic E-state index is 11.1. The summed E-state index contributed by atoms with van der Waals surface area (Å²) < 4.78 is 0. The molecule has 3 N–H and O–H groups in total. The van der Waals surface area contributed by atoms with E-state index in [0.29, 0.717) is 10.9 Å². The van der Waals surface area contributed by atoms with Crippen molar-refractivity contribution in [3.63, 3.8) is 0 Å². The molecule has 2 rings (SSSR count). The van der Waals surface area contributed by atoms with E-state index < -0.39 is 0 Å². The lowest BCUT2D eigenvalue weighted by atomic mass is 10.2. The Labute approximate surface area is 85.7 Å². The van der Waals surface area contributed by atoms with Gasteiger partial charge in [0.15, 0.2) is 4.98 Å². The van der Waals surface area contributed by atoms with E-state index in [-0.39, 0.29) is 11.6 Å². The third kappa shape index (κ3) is 2.22. The number of para-hydroxylation sites is 1. The quantitative estimate of drug-likeness (QED) is 0.447. The van der Waals surface area contributed by atoms with Crippen molar-refractivity contribution in [2.24, 2.45) is 0 Å². The monoisotopic (exact) mass is 206 g/mol. The molecule has 0 amide bonds. The first-order chi connectivity index (χ1) is 7.24. The largest absolute Gasteiger partial charge is 0.855 e. The van der Waals surface area contributed by atoms with Crippen LogP contribution in [0, 0.1) is 5.39 Å². The van der Waals surface area contributed by atoms with Crippen LogP contribution in [0.15, 0.2) is 24.3 Å². The standard InChI is InChI=1S/C8H5N3O.CH5NO/c9-11-7-5-3-1-2-4-6(5)10-8(7)12;1-2-3/h1-4,9H;2-3H,1H3. The van der Waals surface area contributed by atoms with Gasteiger partial charge in [0.25, 0.3) is 0 Å². The van der Waals surface area contributed by atoms with Crippen LogP contribution in [-0.4, -0.2) is 17.2 Å². The third-order valence-electron chi connectivity index (χ3n) is 1.75. The number of aromatic amines is 1. The van der Waals surface area contributed by atoms with Crippen LogP contribution < -0.4 is 10.6 Å². The molecule has 6 nitrogen and oxygen atoms in total. The van der Waals surface area contributed by atoms with Gasteiger partial charge in [0.05, 0.1) is 16.8 Å². The van der Waals surface area contributed by atoms with Crippen LogP contribution in [0.5, 0.6) is 5.88 Å². The van der Waals surface area contributed by atoms with E-state index in [4.69, 9.17) is 10.6 Å². The van der Waals surface area contributed by atoms with Gasteiger partial charge in [-0.1, -0.05) is 12.1 Å². The average Bonchev–Trinajstić information content (AvgIpc) is 2.54. The number of hydrogen-bond acceptors (Lipinski definition) is 4. The highest BCUT2D eigenvalue weighted by Gasteiger charge is 2.14. The fourth-order valence-electron chi connectivity index (χ4n) is 1.20. The van der Waals surface area contributed by atoms with Gasteiger partial charge < -0.3 is 15.3 Å². The second-order valence-electron chi connectivity index (χ2n) is 2.67. The van der Waals surface area contributed by atoms with Crippen molar-refractivity contribution in [3.8, 4) is 5.88 Å². The molecule has 0 aliphatic rings. The van der Waals surface area contributed by atoms with Crippen LogP contribution >= 0.6 is 0 Å². The molecule has 0 saturated heterocycles. The summed E-state index contributed by atoms with van der Waals surface area (Å²) in [5.74, 6) is -0.362. The molecular formula is C9H10N4O2. The van der Waals surface area contributed by atoms with Crippen LogP contribution in [0.2, 0.25) is 0 Å². The summed E-state index contributed by atoms with van der Waals surface area (Å²) in [6.45, 7) is 0. The number of fused-ring (bicyclic) bond motifs is 1. The van der Waals surface area contributed by atoms with Gasteiger partial charge in [-0.25, -0.2) is 5.48 Å². The zero-order valence-corrected chi connectivity index (χ0v) is 8.06. The zero-order valence-electron chi connectivity index (χ0n) is 8.06. The van der Waals surface area contributed by atoms with E-state index >= 15 is 0 Å². The number of diazo groups is 1. The fraction of sp³-hybridized carbons (Fsp3) is 0.111. The number of aromatic nitrogens is 1. The zero-order chi connectivity index (χ0) is 11.3. The Morgan fingerprint density at radius 3 is 2.67 bits per heavy atom. The highest BCUT2D eigenvalue weighted by atomic mass is 16.5. The molecule has 78 valence electrons. The van der Waals surface area contributed by atoms with Gasteiger partial charge in [-0.15, -0.1) is 0 Å². The molecule has 0 unspecified atom stereocenters. The van der Waals surface area contributed by atoms with Gasteiger partial charge in [-0.05, 0) is 12.1 Å². The fourth-order valence-corrected chi connectivity index (χ4v) is 1.20. The van der Waals surface area contributed by atoms with Crippen LogP contribution in [-0.2, 0) is 0 Å². The molecule has 0 aliphatic carbocycles. The Morgan fingerprint density at radius 1 is 1.47 bits per heavy atom. The maximum Gasteiger partial charge on any atom is 0.402 e. The van der Waals surface area contributed by atoms with Crippen molar-refractivity contribution in [2.75, 3.05) is 7.05 Å². The lowest BCUT2D eigenvalue weighted by Crippen LogP contribution is -1.91. The average molecular weight is 206 g/mol. The molecule has 0 aliphatic heterocycles. The summed E-state index contributed by atoms with van der Waals surface area (Å²) in [5.41, 5.74) is 2.51. The number of nitrogens with zero attached hydrogens (tertiary/aromatic N) is 2. The Kier molecular flexibility index (Phi) is 3.62. The minimum absolute atomic E-state index is 0.0746. The normalized spacial score (nSPS) is 9.13. The Bertz CT molecular complexity index is 486. The van der Waals surface area contributed by atoms with Gasteiger partial charge in [0.1, 0.15) is 0 Å². The number of nitrogens with one attached hydrogen (secondary N) is 2. The number of benzene rings is 1. The van der Waals surface area contributed by atoms with Crippen LogP contribution in [0.25, 0.3) is 15.9 Å². The number of H-pyrrole nitrogens is 1. The molecule has 2 aromatic rings. The molecule has 1 aromatic carbocycles. The van der Waals surface area contributed by atoms with Gasteiger partial charge >= 0.3 is 5.69 Å². The first-order valence-corrected chi connectivity index (χ1v) is 4.18. The lowest BCUT2D eigenvalue weighted by molar-refractivity contribution is -0.272. The molecular weight excluding hydrogens is 196 g/mol. The van der Waals surface area contributed by atoms with E-state index in [1.165, 1.54) is 7.05 Å². The molecule has 0 radical (unpaired) electrons. The second-order valence-corrected chi connectivity index (χ2v) is 2.67. The van der Waals surface area contributed by atoms with Crippen molar-refractivity contribution in [1.29, 1.82) is 5.39 Å². The first kappa shape index (κ1) is 11.0.